The molecule has 6 nitrogen and oxygen atoms in total. The highest BCUT2D eigenvalue weighted by Crippen LogP contribution is 2.26. The third-order valence-corrected chi connectivity index (χ3v) is 6.11. The molecule has 0 aliphatic carbocycles. The number of aromatic nitrogens is 2. The smallest absolute Gasteiger partial charge is 0.267 e. The van der Waals surface area contributed by atoms with Crippen LogP contribution < -0.4 is 9.62 Å². The van der Waals surface area contributed by atoms with Crippen molar-refractivity contribution >= 4 is 21.5 Å². The SMILES string of the molecule is O=S(=O)(Nc1cccc(-c2ccc(N3CCCC3)nn2)c1)c1c(F)cccc1F. The largest absolute Gasteiger partial charge is 0.355 e. The summed E-state index contributed by atoms with van der Waals surface area (Å²) in [5.74, 6) is -1.51. The van der Waals surface area contributed by atoms with E-state index in [0.717, 1.165) is 49.9 Å². The van der Waals surface area contributed by atoms with Crippen LogP contribution in [0.25, 0.3) is 11.3 Å². The number of hydrogen-bond acceptors (Lipinski definition) is 5. The molecule has 29 heavy (non-hydrogen) atoms. The molecule has 0 unspecified atom stereocenters. The maximum absolute atomic E-state index is 13.9. The number of halogens is 2. The summed E-state index contributed by atoms with van der Waals surface area (Å²) < 4.78 is 54.9. The summed E-state index contributed by atoms with van der Waals surface area (Å²) in [7, 11) is -4.43. The maximum atomic E-state index is 13.9. The predicted molar refractivity (Wildman–Crippen MR) is 106 cm³/mol. The van der Waals surface area contributed by atoms with Crippen molar-refractivity contribution in [1.29, 1.82) is 0 Å². The molecule has 1 fully saturated rings. The van der Waals surface area contributed by atoms with E-state index in [9.17, 15) is 17.2 Å². The fourth-order valence-electron chi connectivity index (χ4n) is 3.28. The third kappa shape index (κ3) is 4.04. The zero-order chi connectivity index (χ0) is 20.4. The average Bonchev–Trinajstić information content (AvgIpc) is 3.22. The maximum Gasteiger partial charge on any atom is 0.267 e. The standard InChI is InChI=1S/C20H18F2N4O2S/c21-16-7-4-8-17(22)20(16)29(27,28)25-15-6-3-5-14(13-15)18-9-10-19(24-23-18)26-11-1-2-12-26/h3-10,13,25H,1-2,11-12H2. The molecule has 4 rings (SSSR count). The lowest BCUT2D eigenvalue weighted by molar-refractivity contribution is 0.521. The van der Waals surface area contributed by atoms with Gasteiger partial charge in [0.05, 0.1) is 5.69 Å². The minimum absolute atomic E-state index is 0.163. The van der Waals surface area contributed by atoms with Gasteiger partial charge in [-0.1, -0.05) is 18.2 Å². The zero-order valence-electron chi connectivity index (χ0n) is 15.3. The number of benzene rings is 2. The van der Waals surface area contributed by atoms with Crippen molar-refractivity contribution in [3.05, 3.63) is 66.2 Å². The van der Waals surface area contributed by atoms with Crippen LogP contribution >= 0.6 is 0 Å². The first-order valence-electron chi connectivity index (χ1n) is 9.10. The van der Waals surface area contributed by atoms with Crippen LogP contribution in [0.2, 0.25) is 0 Å². The van der Waals surface area contributed by atoms with E-state index in [1.807, 2.05) is 12.1 Å². The van der Waals surface area contributed by atoms with Gasteiger partial charge in [-0.2, -0.15) is 0 Å². The molecule has 0 radical (unpaired) electrons. The fourth-order valence-corrected chi connectivity index (χ4v) is 4.47. The molecule has 1 N–H and O–H groups in total. The van der Waals surface area contributed by atoms with E-state index in [0.29, 0.717) is 11.3 Å². The Morgan fingerprint density at radius 3 is 2.24 bits per heavy atom. The van der Waals surface area contributed by atoms with Gasteiger partial charge < -0.3 is 4.90 Å². The summed E-state index contributed by atoms with van der Waals surface area (Å²) >= 11 is 0. The summed E-state index contributed by atoms with van der Waals surface area (Å²) in [5, 5.41) is 8.48. The second-order valence-corrected chi connectivity index (χ2v) is 8.33. The second kappa shape index (κ2) is 7.75. The Balaban J connectivity index is 1.59. The first-order valence-corrected chi connectivity index (χ1v) is 10.6. The number of hydrogen-bond donors (Lipinski definition) is 1. The minimum atomic E-state index is -4.43. The van der Waals surface area contributed by atoms with Gasteiger partial charge in [-0.3, -0.25) is 4.72 Å². The van der Waals surface area contributed by atoms with E-state index >= 15 is 0 Å². The lowest BCUT2D eigenvalue weighted by Crippen LogP contribution is -2.19. The van der Waals surface area contributed by atoms with Gasteiger partial charge in [-0.25, -0.2) is 17.2 Å². The molecule has 0 spiro atoms. The van der Waals surface area contributed by atoms with E-state index in [1.54, 1.807) is 12.1 Å². The van der Waals surface area contributed by atoms with Crippen molar-refractivity contribution in [3.8, 4) is 11.3 Å². The third-order valence-electron chi connectivity index (χ3n) is 4.68. The molecule has 0 bridgehead atoms. The first kappa shape index (κ1) is 19.3. The van der Waals surface area contributed by atoms with Crippen molar-refractivity contribution in [3.63, 3.8) is 0 Å². The highest BCUT2D eigenvalue weighted by Gasteiger charge is 2.24. The molecule has 1 aliphatic rings. The molecule has 3 aromatic rings. The molecule has 0 saturated carbocycles. The van der Waals surface area contributed by atoms with Crippen LogP contribution in [0, 0.1) is 11.6 Å². The first-order chi connectivity index (χ1) is 13.9. The van der Waals surface area contributed by atoms with Gasteiger partial charge in [0.15, 0.2) is 10.7 Å². The van der Waals surface area contributed by atoms with Gasteiger partial charge in [0, 0.05) is 24.3 Å². The van der Waals surface area contributed by atoms with Crippen LogP contribution in [0.1, 0.15) is 12.8 Å². The Bertz CT molecular complexity index is 1110. The van der Waals surface area contributed by atoms with E-state index in [1.165, 1.54) is 12.1 Å². The van der Waals surface area contributed by atoms with Crippen LogP contribution in [0.15, 0.2) is 59.5 Å². The lowest BCUT2D eigenvalue weighted by Gasteiger charge is -2.15. The van der Waals surface area contributed by atoms with E-state index < -0.39 is 26.6 Å². The van der Waals surface area contributed by atoms with Crippen molar-refractivity contribution in [2.75, 3.05) is 22.7 Å². The van der Waals surface area contributed by atoms with Gasteiger partial charge in [0.2, 0.25) is 0 Å². The Morgan fingerprint density at radius 1 is 0.897 bits per heavy atom. The highest BCUT2D eigenvalue weighted by molar-refractivity contribution is 7.92. The molecule has 1 aliphatic heterocycles. The Labute approximate surface area is 167 Å². The molecule has 150 valence electrons. The quantitative estimate of drug-likeness (QED) is 0.684. The van der Waals surface area contributed by atoms with E-state index in [2.05, 4.69) is 19.8 Å². The Hall–Kier alpha value is -3.07. The molecule has 9 heteroatoms. The monoisotopic (exact) mass is 416 g/mol. The fraction of sp³-hybridized carbons (Fsp3) is 0.200. The summed E-state index contributed by atoms with van der Waals surface area (Å²) in [6.45, 7) is 1.91. The van der Waals surface area contributed by atoms with Crippen molar-refractivity contribution in [2.45, 2.75) is 17.7 Å². The van der Waals surface area contributed by atoms with E-state index in [-0.39, 0.29) is 5.69 Å². The normalized spacial score (nSPS) is 14.2. The van der Waals surface area contributed by atoms with Crippen molar-refractivity contribution in [1.82, 2.24) is 10.2 Å². The number of nitrogens with one attached hydrogen (secondary N) is 1. The van der Waals surface area contributed by atoms with E-state index in [4.69, 9.17) is 0 Å². The predicted octanol–water partition coefficient (Wildman–Crippen LogP) is 3.82. The number of anilines is 2. The van der Waals surface area contributed by atoms with Crippen LogP contribution in [0.5, 0.6) is 0 Å². The van der Waals surface area contributed by atoms with Crippen LogP contribution in [-0.2, 0) is 10.0 Å². The summed E-state index contributed by atoms with van der Waals surface area (Å²) in [6, 6.07) is 13.0. The van der Waals surface area contributed by atoms with Gasteiger partial charge >= 0.3 is 0 Å². The lowest BCUT2D eigenvalue weighted by atomic mass is 10.1. The number of nitrogens with zero attached hydrogens (tertiary/aromatic N) is 3. The number of rotatable bonds is 5. The minimum Gasteiger partial charge on any atom is -0.355 e. The zero-order valence-corrected chi connectivity index (χ0v) is 16.2. The average molecular weight is 416 g/mol. The molecule has 0 amide bonds. The Morgan fingerprint density at radius 2 is 1.59 bits per heavy atom. The summed E-state index contributed by atoms with van der Waals surface area (Å²) in [5.41, 5.74) is 1.35. The molecule has 2 heterocycles. The van der Waals surface area contributed by atoms with Crippen LogP contribution in [0.4, 0.5) is 20.3 Å². The molecule has 1 aromatic heterocycles. The molecular weight excluding hydrogens is 398 g/mol. The topological polar surface area (TPSA) is 75.2 Å². The van der Waals surface area contributed by atoms with Gasteiger partial charge in [0.1, 0.15) is 11.6 Å². The molecule has 0 atom stereocenters. The summed E-state index contributed by atoms with van der Waals surface area (Å²) in [4.78, 5) is 1.14. The van der Waals surface area contributed by atoms with Crippen LogP contribution in [0.3, 0.4) is 0 Å². The van der Waals surface area contributed by atoms with Crippen molar-refractivity contribution in [2.24, 2.45) is 0 Å². The Kier molecular flexibility index (Phi) is 5.14. The number of sulfonamides is 1. The van der Waals surface area contributed by atoms with Gasteiger partial charge in [-0.05, 0) is 49.2 Å². The van der Waals surface area contributed by atoms with Gasteiger partial charge in [0.25, 0.3) is 10.0 Å². The molecule has 2 aromatic carbocycles. The molecular formula is C20H18F2N4O2S. The summed E-state index contributed by atoms with van der Waals surface area (Å²) in [6.07, 6.45) is 2.27. The van der Waals surface area contributed by atoms with Crippen molar-refractivity contribution < 1.29 is 17.2 Å². The van der Waals surface area contributed by atoms with Gasteiger partial charge in [-0.15, -0.1) is 10.2 Å². The highest BCUT2D eigenvalue weighted by atomic mass is 32.2. The second-order valence-electron chi connectivity index (χ2n) is 6.71. The molecule has 1 saturated heterocycles. The van der Waals surface area contributed by atoms with Crippen LogP contribution in [-0.4, -0.2) is 31.7 Å².